The Morgan fingerprint density at radius 2 is 1.78 bits per heavy atom. The van der Waals surface area contributed by atoms with Crippen molar-refractivity contribution in [3.05, 3.63) is 59.7 Å². The number of carbonyl (C=O) groups excluding carboxylic acids is 1. The van der Waals surface area contributed by atoms with E-state index in [0.29, 0.717) is 12.1 Å². The summed E-state index contributed by atoms with van der Waals surface area (Å²) in [7, 11) is 1.63. The molecule has 0 bridgehead atoms. The SMILES string of the molecule is COc1cccc(C(=O)CN2CCCC2c2ccc(OCCCN3CCCCC3)cc2)c1. The van der Waals surface area contributed by atoms with Crippen LogP contribution in [0.1, 0.15) is 60.5 Å². The minimum atomic E-state index is 0.143. The quantitative estimate of drug-likeness (QED) is 0.389. The van der Waals surface area contributed by atoms with E-state index < -0.39 is 0 Å². The van der Waals surface area contributed by atoms with Crippen LogP contribution in [0.3, 0.4) is 0 Å². The van der Waals surface area contributed by atoms with Crippen LogP contribution in [0.15, 0.2) is 48.5 Å². The number of carbonyl (C=O) groups is 1. The number of hydrogen-bond acceptors (Lipinski definition) is 5. The van der Waals surface area contributed by atoms with Gasteiger partial charge in [0.1, 0.15) is 11.5 Å². The molecule has 0 saturated carbocycles. The van der Waals surface area contributed by atoms with Gasteiger partial charge >= 0.3 is 0 Å². The Hall–Kier alpha value is -2.37. The number of nitrogens with zero attached hydrogens (tertiary/aromatic N) is 2. The molecule has 0 aromatic heterocycles. The van der Waals surface area contributed by atoms with Gasteiger partial charge in [-0.2, -0.15) is 0 Å². The maximum atomic E-state index is 12.8. The molecule has 0 spiro atoms. The molecule has 2 heterocycles. The Morgan fingerprint density at radius 1 is 0.969 bits per heavy atom. The molecule has 0 aliphatic carbocycles. The average Bonchev–Trinajstić information content (AvgIpc) is 3.31. The van der Waals surface area contributed by atoms with Crippen molar-refractivity contribution in [2.75, 3.05) is 46.4 Å². The van der Waals surface area contributed by atoms with E-state index in [2.05, 4.69) is 34.1 Å². The van der Waals surface area contributed by atoms with Gasteiger partial charge in [-0.3, -0.25) is 9.69 Å². The van der Waals surface area contributed by atoms with Crippen molar-refractivity contribution in [3.8, 4) is 11.5 Å². The third-order valence-electron chi connectivity index (χ3n) is 6.70. The highest BCUT2D eigenvalue weighted by Crippen LogP contribution is 2.33. The van der Waals surface area contributed by atoms with Crippen molar-refractivity contribution >= 4 is 5.78 Å². The Labute approximate surface area is 192 Å². The predicted octanol–water partition coefficient (Wildman–Crippen LogP) is 4.97. The van der Waals surface area contributed by atoms with E-state index in [1.807, 2.05) is 24.3 Å². The van der Waals surface area contributed by atoms with Crippen LogP contribution in [0.25, 0.3) is 0 Å². The second-order valence-electron chi connectivity index (χ2n) is 8.96. The molecule has 172 valence electrons. The minimum absolute atomic E-state index is 0.143. The normalized spacial score (nSPS) is 19.7. The second-order valence-corrected chi connectivity index (χ2v) is 8.96. The van der Waals surface area contributed by atoms with E-state index in [-0.39, 0.29) is 11.8 Å². The topological polar surface area (TPSA) is 42.0 Å². The maximum absolute atomic E-state index is 12.8. The predicted molar refractivity (Wildman–Crippen MR) is 128 cm³/mol. The average molecular weight is 437 g/mol. The first-order chi connectivity index (χ1) is 15.7. The van der Waals surface area contributed by atoms with Crippen molar-refractivity contribution in [2.45, 2.75) is 44.6 Å². The lowest BCUT2D eigenvalue weighted by Gasteiger charge is -2.26. The van der Waals surface area contributed by atoms with E-state index >= 15 is 0 Å². The Bertz CT molecular complexity index is 861. The Kier molecular flexibility index (Phi) is 8.18. The van der Waals surface area contributed by atoms with Crippen LogP contribution in [0, 0.1) is 0 Å². The number of methoxy groups -OCH3 is 1. The van der Waals surface area contributed by atoms with Gasteiger partial charge in [-0.15, -0.1) is 0 Å². The number of ether oxygens (including phenoxy) is 2. The number of ketones is 1. The van der Waals surface area contributed by atoms with Gasteiger partial charge in [-0.1, -0.05) is 30.7 Å². The van der Waals surface area contributed by atoms with Crippen LogP contribution in [0.5, 0.6) is 11.5 Å². The zero-order chi connectivity index (χ0) is 22.2. The third kappa shape index (κ3) is 6.11. The number of benzene rings is 2. The fourth-order valence-electron chi connectivity index (χ4n) is 4.91. The molecule has 2 aliphatic heterocycles. The molecule has 0 radical (unpaired) electrons. The number of rotatable bonds is 10. The first-order valence-electron chi connectivity index (χ1n) is 12.1. The molecular weight excluding hydrogens is 400 g/mol. The maximum Gasteiger partial charge on any atom is 0.176 e. The molecule has 1 unspecified atom stereocenters. The van der Waals surface area contributed by atoms with Crippen LogP contribution in [-0.4, -0.2) is 62.0 Å². The lowest BCUT2D eigenvalue weighted by atomic mass is 10.0. The molecular formula is C27H36N2O3. The summed E-state index contributed by atoms with van der Waals surface area (Å²) in [5, 5.41) is 0. The van der Waals surface area contributed by atoms with Crippen LogP contribution < -0.4 is 9.47 Å². The van der Waals surface area contributed by atoms with Gasteiger partial charge in [0.15, 0.2) is 5.78 Å². The first-order valence-corrected chi connectivity index (χ1v) is 12.1. The summed E-state index contributed by atoms with van der Waals surface area (Å²) in [6.07, 6.45) is 7.33. The summed E-state index contributed by atoms with van der Waals surface area (Å²) in [4.78, 5) is 17.7. The van der Waals surface area contributed by atoms with Gasteiger partial charge in [-0.25, -0.2) is 0 Å². The summed E-state index contributed by atoms with van der Waals surface area (Å²) >= 11 is 0. The zero-order valence-corrected chi connectivity index (χ0v) is 19.3. The van der Waals surface area contributed by atoms with Crippen molar-refractivity contribution in [2.24, 2.45) is 0 Å². The van der Waals surface area contributed by atoms with E-state index in [1.54, 1.807) is 7.11 Å². The number of Topliss-reactive ketones (excluding diaryl/α,β-unsaturated/α-hetero) is 1. The number of hydrogen-bond donors (Lipinski definition) is 0. The van der Waals surface area contributed by atoms with Gasteiger partial charge in [0, 0.05) is 18.2 Å². The second kappa shape index (κ2) is 11.5. The first kappa shape index (κ1) is 22.8. The molecule has 2 aromatic rings. The third-order valence-corrected chi connectivity index (χ3v) is 6.70. The van der Waals surface area contributed by atoms with Crippen molar-refractivity contribution < 1.29 is 14.3 Å². The van der Waals surface area contributed by atoms with E-state index in [0.717, 1.165) is 50.5 Å². The smallest absolute Gasteiger partial charge is 0.176 e. The highest BCUT2D eigenvalue weighted by atomic mass is 16.5. The summed E-state index contributed by atoms with van der Waals surface area (Å²) in [6, 6.07) is 16.2. The summed E-state index contributed by atoms with van der Waals surface area (Å²) < 4.78 is 11.2. The molecule has 1 atom stereocenters. The Morgan fingerprint density at radius 3 is 2.56 bits per heavy atom. The van der Waals surface area contributed by atoms with E-state index in [1.165, 1.54) is 37.9 Å². The Balaban J connectivity index is 1.27. The van der Waals surface area contributed by atoms with Crippen LogP contribution >= 0.6 is 0 Å². The van der Waals surface area contributed by atoms with Crippen LogP contribution in [0.2, 0.25) is 0 Å². The molecule has 4 rings (SSSR count). The lowest BCUT2D eigenvalue weighted by molar-refractivity contribution is 0.0921. The molecule has 2 aromatic carbocycles. The van der Waals surface area contributed by atoms with Crippen molar-refractivity contribution in [1.82, 2.24) is 9.80 Å². The molecule has 0 amide bonds. The minimum Gasteiger partial charge on any atom is -0.497 e. The number of likely N-dealkylation sites (tertiary alicyclic amines) is 2. The van der Waals surface area contributed by atoms with Gasteiger partial charge in [-0.05, 0) is 81.6 Å². The fraction of sp³-hybridized carbons (Fsp3) is 0.519. The highest BCUT2D eigenvalue weighted by molar-refractivity contribution is 5.98. The van der Waals surface area contributed by atoms with Crippen molar-refractivity contribution in [1.29, 1.82) is 0 Å². The van der Waals surface area contributed by atoms with E-state index in [9.17, 15) is 4.79 Å². The van der Waals surface area contributed by atoms with Gasteiger partial charge in [0.2, 0.25) is 0 Å². The van der Waals surface area contributed by atoms with Crippen molar-refractivity contribution in [3.63, 3.8) is 0 Å². The summed E-state index contributed by atoms with van der Waals surface area (Å²) in [6.45, 7) is 5.78. The monoisotopic (exact) mass is 436 g/mol. The van der Waals surface area contributed by atoms with Gasteiger partial charge in [0.05, 0.1) is 20.3 Å². The molecule has 2 fully saturated rings. The summed E-state index contributed by atoms with van der Waals surface area (Å²) in [5.41, 5.74) is 1.98. The molecule has 2 saturated heterocycles. The molecule has 0 N–H and O–H groups in total. The van der Waals surface area contributed by atoms with Gasteiger partial charge in [0.25, 0.3) is 0 Å². The molecule has 5 nitrogen and oxygen atoms in total. The fourth-order valence-corrected chi connectivity index (χ4v) is 4.91. The zero-order valence-electron chi connectivity index (χ0n) is 19.3. The molecule has 32 heavy (non-hydrogen) atoms. The van der Waals surface area contributed by atoms with Gasteiger partial charge < -0.3 is 14.4 Å². The number of piperidine rings is 1. The lowest BCUT2D eigenvalue weighted by Crippen LogP contribution is -2.31. The molecule has 5 heteroatoms. The standard InChI is InChI=1S/C27H36N2O3/c1-31-25-9-5-8-23(20-25)27(30)21-29-18-6-10-26(29)22-11-13-24(14-12-22)32-19-7-17-28-15-3-2-4-16-28/h5,8-9,11-14,20,26H,2-4,6-7,10,15-19,21H2,1H3. The van der Waals surface area contributed by atoms with Crippen LogP contribution in [-0.2, 0) is 0 Å². The summed E-state index contributed by atoms with van der Waals surface area (Å²) in [5.74, 6) is 1.80. The van der Waals surface area contributed by atoms with E-state index in [4.69, 9.17) is 9.47 Å². The molecule has 2 aliphatic rings. The highest BCUT2D eigenvalue weighted by Gasteiger charge is 2.28. The largest absolute Gasteiger partial charge is 0.497 e. The van der Waals surface area contributed by atoms with Crippen LogP contribution in [0.4, 0.5) is 0 Å².